The quantitative estimate of drug-likeness (QED) is 0.848. The van der Waals surface area contributed by atoms with Crippen molar-refractivity contribution in [1.82, 2.24) is 5.32 Å². The fourth-order valence-corrected chi connectivity index (χ4v) is 2.12. The van der Waals surface area contributed by atoms with Crippen LogP contribution in [-0.4, -0.2) is 12.5 Å². The minimum absolute atomic E-state index is 0.00927. The van der Waals surface area contributed by atoms with Gasteiger partial charge in [-0.15, -0.1) is 0 Å². The molecule has 0 bridgehead atoms. The summed E-state index contributed by atoms with van der Waals surface area (Å²) in [6, 6.07) is 7.58. The van der Waals surface area contributed by atoms with Crippen LogP contribution in [0.5, 0.6) is 0 Å². The van der Waals surface area contributed by atoms with Gasteiger partial charge in [-0.1, -0.05) is 37.6 Å². The summed E-state index contributed by atoms with van der Waals surface area (Å²) in [5.41, 5.74) is 6.08. The number of amides is 1. The van der Waals surface area contributed by atoms with E-state index in [4.69, 9.17) is 17.3 Å². The zero-order valence-corrected chi connectivity index (χ0v) is 11.1. The molecule has 0 saturated carbocycles. The van der Waals surface area contributed by atoms with Crippen molar-refractivity contribution in [2.75, 3.05) is 6.54 Å². The lowest BCUT2D eigenvalue weighted by atomic mass is 9.84. The molecule has 0 aliphatic rings. The summed E-state index contributed by atoms with van der Waals surface area (Å²) in [4.78, 5) is 11.5. The third-order valence-corrected chi connectivity index (χ3v) is 3.42. The predicted octanol–water partition coefficient (Wildman–Crippen LogP) is 2.43. The van der Waals surface area contributed by atoms with E-state index < -0.39 is 0 Å². The topological polar surface area (TPSA) is 55.1 Å². The Balaban J connectivity index is 3.05. The smallest absolute Gasteiger partial charge is 0.234 e. The van der Waals surface area contributed by atoms with Crippen molar-refractivity contribution in [2.45, 2.75) is 32.2 Å². The number of carbonyl (C=O) groups is 1. The number of rotatable bonds is 5. The fourth-order valence-electron chi connectivity index (χ4n) is 1.99. The number of hydrogen-bond donors (Lipinski definition) is 2. The molecule has 1 aromatic rings. The lowest BCUT2D eigenvalue weighted by Crippen LogP contribution is -2.47. The van der Waals surface area contributed by atoms with Gasteiger partial charge in [-0.25, -0.2) is 0 Å². The SMILES string of the molecule is CCC(CC)(NC(=O)CN)c1ccc(Cl)cc1. The van der Waals surface area contributed by atoms with Gasteiger partial charge < -0.3 is 11.1 Å². The van der Waals surface area contributed by atoms with Crippen LogP contribution in [0.15, 0.2) is 24.3 Å². The van der Waals surface area contributed by atoms with Gasteiger partial charge in [0.25, 0.3) is 0 Å². The molecule has 0 heterocycles. The van der Waals surface area contributed by atoms with E-state index in [1.54, 1.807) is 0 Å². The number of nitrogens with one attached hydrogen (secondary N) is 1. The van der Waals surface area contributed by atoms with Crippen molar-refractivity contribution in [2.24, 2.45) is 5.73 Å². The van der Waals surface area contributed by atoms with E-state index in [-0.39, 0.29) is 18.0 Å². The van der Waals surface area contributed by atoms with E-state index in [1.165, 1.54) is 0 Å². The molecule has 0 radical (unpaired) electrons. The fraction of sp³-hybridized carbons (Fsp3) is 0.462. The molecule has 17 heavy (non-hydrogen) atoms. The molecule has 4 heteroatoms. The Bertz CT molecular complexity index is 372. The first-order chi connectivity index (χ1) is 8.07. The second kappa shape index (κ2) is 6.03. The Labute approximate surface area is 107 Å². The Morgan fingerprint density at radius 3 is 2.24 bits per heavy atom. The molecule has 0 aromatic heterocycles. The minimum Gasteiger partial charge on any atom is -0.346 e. The maximum atomic E-state index is 11.5. The van der Waals surface area contributed by atoms with Gasteiger partial charge in [0.05, 0.1) is 12.1 Å². The van der Waals surface area contributed by atoms with Crippen molar-refractivity contribution in [3.05, 3.63) is 34.9 Å². The first kappa shape index (κ1) is 14.0. The van der Waals surface area contributed by atoms with E-state index in [1.807, 2.05) is 24.3 Å². The van der Waals surface area contributed by atoms with E-state index >= 15 is 0 Å². The summed E-state index contributed by atoms with van der Waals surface area (Å²) in [5, 5.41) is 3.70. The van der Waals surface area contributed by atoms with Crippen LogP contribution in [0.3, 0.4) is 0 Å². The molecule has 0 aliphatic carbocycles. The lowest BCUT2D eigenvalue weighted by Gasteiger charge is -2.33. The number of benzene rings is 1. The van der Waals surface area contributed by atoms with Crippen LogP contribution in [0.25, 0.3) is 0 Å². The van der Waals surface area contributed by atoms with Crippen LogP contribution >= 0.6 is 11.6 Å². The summed E-state index contributed by atoms with van der Waals surface area (Å²) < 4.78 is 0. The molecular formula is C13H19ClN2O. The Hall–Kier alpha value is -1.06. The van der Waals surface area contributed by atoms with E-state index in [2.05, 4.69) is 19.2 Å². The highest BCUT2D eigenvalue weighted by molar-refractivity contribution is 6.30. The number of halogens is 1. The molecule has 1 rings (SSSR count). The molecule has 0 fully saturated rings. The summed E-state index contributed by atoms with van der Waals surface area (Å²) in [6.07, 6.45) is 1.63. The van der Waals surface area contributed by atoms with Gasteiger partial charge in [0.1, 0.15) is 0 Å². The van der Waals surface area contributed by atoms with Gasteiger partial charge in [-0.3, -0.25) is 4.79 Å². The maximum Gasteiger partial charge on any atom is 0.234 e. The summed E-state index contributed by atoms with van der Waals surface area (Å²) in [6.45, 7) is 4.11. The highest BCUT2D eigenvalue weighted by Gasteiger charge is 2.29. The predicted molar refractivity (Wildman–Crippen MR) is 70.9 cm³/mol. The molecule has 0 aliphatic heterocycles. The average molecular weight is 255 g/mol. The largest absolute Gasteiger partial charge is 0.346 e. The van der Waals surface area contributed by atoms with Gasteiger partial charge in [-0.2, -0.15) is 0 Å². The van der Waals surface area contributed by atoms with Crippen molar-refractivity contribution in [3.8, 4) is 0 Å². The molecule has 0 atom stereocenters. The van der Waals surface area contributed by atoms with Gasteiger partial charge in [0.15, 0.2) is 0 Å². The first-order valence-electron chi connectivity index (χ1n) is 5.85. The van der Waals surface area contributed by atoms with Gasteiger partial charge in [0.2, 0.25) is 5.91 Å². The Kier molecular flexibility index (Phi) is 4.97. The Morgan fingerprint density at radius 1 is 1.29 bits per heavy atom. The van der Waals surface area contributed by atoms with Crippen LogP contribution < -0.4 is 11.1 Å². The van der Waals surface area contributed by atoms with Crippen molar-refractivity contribution in [1.29, 1.82) is 0 Å². The van der Waals surface area contributed by atoms with E-state index in [0.717, 1.165) is 18.4 Å². The molecule has 1 amide bonds. The van der Waals surface area contributed by atoms with E-state index in [9.17, 15) is 4.79 Å². The molecule has 0 saturated heterocycles. The third kappa shape index (κ3) is 3.20. The first-order valence-corrected chi connectivity index (χ1v) is 6.23. The molecule has 3 N–H and O–H groups in total. The zero-order chi connectivity index (χ0) is 12.9. The zero-order valence-electron chi connectivity index (χ0n) is 10.3. The van der Waals surface area contributed by atoms with Crippen LogP contribution in [0, 0.1) is 0 Å². The second-order valence-electron chi connectivity index (χ2n) is 4.05. The van der Waals surface area contributed by atoms with Crippen molar-refractivity contribution in [3.63, 3.8) is 0 Å². The summed E-state index contributed by atoms with van der Waals surface area (Å²) in [5.74, 6) is -0.136. The molecule has 0 spiro atoms. The number of carbonyl (C=O) groups excluding carboxylic acids is 1. The van der Waals surface area contributed by atoms with E-state index in [0.29, 0.717) is 5.02 Å². The highest BCUT2D eigenvalue weighted by atomic mass is 35.5. The van der Waals surface area contributed by atoms with Crippen LogP contribution in [0.4, 0.5) is 0 Å². The second-order valence-corrected chi connectivity index (χ2v) is 4.48. The summed E-state index contributed by atoms with van der Waals surface area (Å²) >= 11 is 5.87. The van der Waals surface area contributed by atoms with Crippen molar-refractivity contribution >= 4 is 17.5 Å². The number of nitrogens with two attached hydrogens (primary N) is 1. The molecule has 94 valence electrons. The average Bonchev–Trinajstić information content (AvgIpc) is 2.37. The molecular weight excluding hydrogens is 236 g/mol. The van der Waals surface area contributed by atoms with Crippen LogP contribution in [0.2, 0.25) is 5.02 Å². The molecule has 1 aromatic carbocycles. The highest BCUT2D eigenvalue weighted by Crippen LogP contribution is 2.29. The Morgan fingerprint density at radius 2 is 1.82 bits per heavy atom. The lowest BCUT2D eigenvalue weighted by molar-refractivity contribution is -0.121. The standard InChI is InChI=1S/C13H19ClN2O/c1-3-13(4-2,16-12(17)9-15)10-5-7-11(14)8-6-10/h5-8H,3-4,9,15H2,1-2H3,(H,16,17). The maximum absolute atomic E-state index is 11.5. The number of hydrogen-bond acceptors (Lipinski definition) is 2. The molecule has 3 nitrogen and oxygen atoms in total. The van der Waals surface area contributed by atoms with Gasteiger partial charge >= 0.3 is 0 Å². The van der Waals surface area contributed by atoms with Crippen molar-refractivity contribution < 1.29 is 4.79 Å². The monoisotopic (exact) mass is 254 g/mol. The van der Waals surface area contributed by atoms with Gasteiger partial charge in [-0.05, 0) is 30.5 Å². The minimum atomic E-state index is -0.346. The normalized spacial score (nSPS) is 11.3. The third-order valence-electron chi connectivity index (χ3n) is 3.17. The van der Waals surface area contributed by atoms with Gasteiger partial charge in [0, 0.05) is 5.02 Å². The van der Waals surface area contributed by atoms with Crippen LogP contribution in [0.1, 0.15) is 32.3 Å². The van der Waals surface area contributed by atoms with Crippen LogP contribution in [-0.2, 0) is 10.3 Å². The summed E-state index contributed by atoms with van der Waals surface area (Å²) in [7, 11) is 0. The molecule has 0 unspecified atom stereocenters.